The van der Waals surface area contributed by atoms with Gasteiger partial charge in [0.1, 0.15) is 5.75 Å². The van der Waals surface area contributed by atoms with E-state index in [1.54, 1.807) is 12.1 Å². The molecule has 0 spiro atoms. The molecule has 0 radical (unpaired) electrons. The second-order valence-electron chi connectivity index (χ2n) is 5.27. The topological polar surface area (TPSA) is 66.6 Å². The Bertz CT molecular complexity index is 453. The van der Waals surface area contributed by atoms with E-state index in [4.69, 9.17) is 5.73 Å². The van der Waals surface area contributed by atoms with E-state index in [-0.39, 0.29) is 17.7 Å². The molecule has 2 rings (SSSR count). The number of anilines is 1. The van der Waals surface area contributed by atoms with E-state index < -0.39 is 0 Å². The maximum atomic E-state index is 12.4. The van der Waals surface area contributed by atoms with Gasteiger partial charge in [-0.2, -0.15) is 0 Å². The monoisotopic (exact) mass is 248 g/mol. The SMILES string of the molecule is CC(C)N(CC1CC1)C(=O)c1ccc(N)c(O)c1. The lowest BCUT2D eigenvalue weighted by molar-refractivity contribution is 0.0696. The van der Waals surface area contributed by atoms with Crippen molar-refractivity contribution in [1.29, 1.82) is 0 Å². The highest BCUT2D eigenvalue weighted by Gasteiger charge is 2.28. The van der Waals surface area contributed by atoms with Crippen molar-refractivity contribution < 1.29 is 9.90 Å². The van der Waals surface area contributed by atoms with E-state index in [1.165, 1.54) is 18.9 Å². The van der Waals surface area contributed by atoms with Crippen molar-refractivity contribution in [3.8, 4) is 5.75 Å². The van der Waals surface area contributed by atoms with Crippen LogP contribution in [-0.4, -0.2) is 28.5 Å². The minimum atomic E-state index is -0.0350. The molecule has 4 nitrogen and oxygen atoms in total. The number of carbonyl (C=O) groups excluding carboxylic acids is 1. The number of phenols is 1. The minimum Gasteiger partial charge on any atom is -0.506 e. The molecule has 3 N–H and O–H groups in total. The number of benzene rings is 1. The number of hydrogen-bond donors (Lipinski definition) is 2. The number of carbonyl (C=O) groups is 1. The van der Waals surface area contributed by atoms with Crippen LogP contribution >= 0.6 is 0 Å². The fourth-order valence-corrected chi connectivity index (χ4v) is 1.95. The van der Waals surface area contributed by atoms with Crippen LogP contribution in [0.3, 0.4) is 0 Å². The van der Waals surface area contributed by atoms with Gasteiger partial charge in [-0.25, -0.2) is 0 Å². The first-order valence-corrected chi connectivity index (χ1v) is 6.38. The molecule has 0 heterocycles. The van der Waals surface area contributed by atoms with Crippen LogP contribution in [0.1, 0.15) is 37.0 Å². The van der Waals surface area contributed by atoms with Crippen LogP contribution in [0.25, 0.3) is 0 Å². The molecular formula is C14H20N2O2. The van der Waals surface area contributed by atoms with E-state index in [1.807, 2.05) is 18.7 Å². The Morgan fingerprint density at radius 3 is 2.67 bits per heavy atom. The molecule has 1 saturated carbocycles. The maximum absolute atomic E-state index is 12.4. The Hall–Kier alpha value is -1.71. The Labute approximate surface area is 107 Å². The van der Waals surface area contributed by atoms with Crippen molar-refractivity contribution in [2.45, 2.75) is 32.7 Å². The zero-order valence-electron chi connectivity index (χ0n) is 10.9. The van der Waals surface area contributed by atoms with E-state index in [0.29, 0.717) is 17.2 Å². The third kappa shape index (κ3) is 2.75. The van der Waals surface area contributed by atoms with Gasteiger partial charge in [-0.15, -0.1) is 0 Å². The van der Waals surface area contributed by atoms with Crippen LogP contribution in [0.5, 0.6) is 5.75 Å². The van der Waals surface area contributed by atoms with Gasteiger partial charge in [-0.1, -0.05) is 0 Å². The lowest BCUT2D eigenvalue weighted by Crippen LogP contribution is -2.38. The summed E-state index contributed by atoms with van der Waals surface area (Å²) in [6.45, 7) is 4.83. The summed E-state index contributed by atoms with van der Waals surface area (Å²) < 4.78 is 0. The molecule has 1 fully saturated rings. The Morgan fingerprint density at radius 2 is 2.17 bits per heavy atom. The van der Waals surface area contributed by atoms with Crippen molar-refractivity contribution in [2.24, 2.45) is 5.92 Å². The number of nitrogens with zero attached hydrogens (tertiary/aromatic N) is 1. The largest absolute Gasteiger partial charge is 0.506 e. The maximum Gasteiger partial charge on any atom is 0.254 e. The van der Waals surface area contributed by atoms with Crippen LogP contribution in [-0.2, 0) is 0 Å². The highest BCUT2D eigenvalue weighted by atomic mass is 16.3. The van der Waals surface area contributed by atoms with Gasteiger partial charge in [0, 0.05) is 18.2 Å². The predicted molar refractivity (Wildman–Crippen MR) is 71.4 cm³/mol. The lowest BCUT2D eigenvalue weighted by Gasteiger charge is -2.27. The fraction of sp³-hybridized carbons (Fsp3) is 0.500. The summed E-state index contributed by atoms with van der Waals surface area (Å²) in [7, 11) is 0. The highest BCUT2D eigenvalue weighted by Crippen LogP contribution is 2.31. The number of nitrogens with two attached hydrogens (primary N) is 1. The molecule has 1 amide bonds. The van der Waals surface area contributed by atoms with Gasteiger partial charge in [-0.3, -0.25) is 4.79 Å². The summed E-state index contributed by atoms with van der Waals surface area (Å²) in [5, 5.41) is 9.57. The average Bonchev–Trinajstić information content (AvgIpc) is 3.12. The standard InChI is InChI=1S/C14H20N2O2/c1-9(2)16(8-10-3-4-10)14(18)11-5-6-12(15)13(17)7-11/h5-7,9-10,17H,3-4,8,15H2,1-2H3. The van der Waals surface area contributed by atoms with Crippen LogP contribution in [0.15, 0.2) is 18.2 Å². The predicted octanol–water partition coefficient (Wildman–Crippen LogP) is 2.24. The molecule has 98 valence electrons. The molecule has 1 aliphatic carbocycles. The first-order valence-electron chi connectivity index (χ1n) is 6.38. The normalized spacial score (nSPS) is 14.8. The van der Waals surface area contributed by atoms with E-state index in [2.05, 4.69) is 0 Å². The Morgan fingerprint density at radius 1 is 1.50 bits per heavy atom. The number of nitrogen functional groups attached to an aromatic ring is 1. The summed E-state index contributed by atoms with van der Waals surface area (Å²) in [5.41, 5.74) is 6.33. The van der Waals surface area contributed by atoms with Gasteiger partial charge in [0.15, 0.2) is 0 Å². The van der Waals surface area contributed by atoms with Crippen molar-refractivity contribution in [2.75, 3.05) is 12.3 Å². The molecule has 1 aromatic carbocycles. The van der Waals surface area contributed by atoms with Crippen LogP contribution in [0.2, 0.25) is 0 Å². The van der Waals surface area contributed by atoms with Crippen molar-refractivity contribution in [3.05, 3.63) is 23.8 Å². The van der Waals surface area contributed by atoms with E-state index in [0.717, 1.165) is 6.54 Å². The van der Waals surface area contributed by atoms with Crippen molar-refractivity contribution >= 4 is 11.6 Å². The minimum absolute atomic E-state index is 0.0315. The Kier molecular flexibility index (Phi) is 3.45. The third-order valence-corrected chi connectivity index (χ3v) is 3.31. The van der Waals surface area contributed by atoms with Crippen LogP contribution in [0.4, 0.5) is 5.69 Å². The number of amides is 1. The quantitative estimate of drug-likeness (QED) is 0.634. The molecule has 4 heteroatoms. The molecule has 0 atom stereocenters. The molecule has 0 aromatic heterocycles. The van der Waals surface area contributed by atoms with Gasteiger partial charge in [0.05, 0.1) is 5.69 Å². The summed E-state index contributed by atoms with van der Waals surface area (Å²) in [6.07, 6.45) is 2.42. The van der Waals surface area contributed by atoms with Gasteiger partial charge >= 0.3 is 0 Å². The molecule has 1 aliphatic rings. The third-order valence-electron chi connectivity index (χ3n) is 3.31. The molecule has 0 unspecified atom stereocenters. The zero-order chi connectivity index (χ0) is 13.3. The molecule has 0 aliphatic heterocycles. The Balaban J connectivity index is 2.18. The first-order chi connectivity index (χ1) is 8.49. The number of phenolic OH excluding ortho intramolecular Hbond substituents is 1. The van der Waals surface area contributed by atoms with Crippen molar-refractivity contribution in [3.63, 3.8) is 0 Å². The van der Waals surface area contributed by atoms with E-state index >= 15 is 0 Å². The highest BCUT2D eigenvalue weighted by molar-refractivity contribution is 5.95. The van der Waals surface area contributed by atoms with Gasteiger partial charge < -0.3 is 15.7 Å². The van der Waals surface area contributed by atoms with E-state index in [9.17, 15) is 9.90 Å². The number of hydrogen-bond acceptors (Lipinski definition) is 3. The van der Waals surface area contributed by atoms with Gasteiger partial charge in [0.25, 0.3) is 5.91 Å². The zero-order valence-corrected chi connectivity index (χ0v) is 10.9. The smallest absolute Gasteiger partial charge is 0.254 e. The molecule has 18 heavy (non-hydrogen) atoms. The second kappa shape index (κ2) is 4.88. The fourth-order valence-electron chi connectivity index (χ4n) is 1.95. The average molecular weight is 248 g/mol. The number of rotatable bonds is 4. The van der Waals surface area contributed by atoms with Crippen LogP contribution in [0, 0.1) is 5.92 Å². The summed E-state index contributed by atoms with van der Waals surface area (Å²) in [6, 6.07) is 4.84. The van der Waals surface area contributed by atoms with Crippen molar-refractivity contribution in [1.82, 2.24) is 4.90 Å². The lowest BCUT2D eigenvalue weighted by atomic mass is 10.1. The van der Waals surface area contributed by atoms with Crippen LogP contribution < -0.4 is 5.73 Å². The molecule has 0 bridgehead atoms. The second-order valence-corrected chi connectivity index (χ2v) is 5.27. The summed E-state index contributed by atoms with van der Waals surface area (Å²) >= 11 is 0. The van der Waals surface area contributed by atoms with Gasteiger partial charge in [0.2, 0.25) is 0 Å². The summed E-state index contributed by atoms with van der Waals surface area (Å²) in [4.78, 5) is 14.3. The number of aromatic hydroxyl groups is 1. The summed E-state index contributed by atoms with van der Waals surface area (Å²) in [5.74, 6) is 0.585. The molecule has 0 saturated heterocycles. The molecule has 1 aromatic rings. The molecular weight excluding hydrogens is 228 g/mol. The first kappa shape index (κ1) is 12.7. The van der Waals surface area contributed by atoms with Gasteiger partial charge in [-0.05, 0) is 50.8 Å².